The smallest absolute Gasteiger partial charge is 0.252 e. The maximum Gasteiger partial charge on any atom is 0.252 e. The van der Waals surface area contributed by atoms with Crippen LogP contribution in [-0.2, 0) is 10.0 Å². The van der Waals surface area contributed by atoms with Crippen LogP contribution in [0.4, 0.5) is 5.69 Å². The average molecular weight is 390 g/mol. The fourth-order valence-corrected chi connectivity index (χ4v) is 3.50. The largest absolute Gasteiger partial charge is 0.486 e. The van der Waals surface area contributed by atoms with E-state index in [2.05, 4.69) is 10.0 Å². The molecule has 0 saturated heterocycles. The van der Waals surface area contributed by atoms with E-state index in [-0.39, 0.29) is 11.9 Å². The lowest BCUT2D eigenvalue weighted by Gasteiger charge is -2.21. The van der Waals surface area contributed by atoms with Crippen LogP contribution in [0.25, 0.3) is 0 Å². The van der Waals surface area contributed by atoms with Crippen molar-refractivity contribution in [3.63, 3.8) is 0 Å². The van der Waals surface area contributed by atoms with E-state index < -0.39 is 10.0 Å². The van der Waals surface area contributed by atoms with Crippen molar-refractivity contribution < 1.29 is 22.7 Å². The first kappa shape index (κ1) is 19.0. The number of sulfonamides is 1. The third-order valence-electron chi connectivity index (χ3n) is 4.29. The van der Waals surface area contributed by atoms with Crippen LogP contribution in [0, 0.1) is 6.92 Å². The summed E-state index contributed by atoms with van der Waals surface area (Å²) < 4.78 is 36.5. The second-order valence-corrected chi connectivity index (χ2v) is 8.20. The molecule has 1 atom stereocenters. The zero-order valence-corrected chi connectivity index (χ0v) is 16.2. The molecule has 1 aliphatic rings. The summed E-state index contributed by atoms with van der Waals surface area (Å²) in [6.45, 7) is 4.60. The summed E-state index contributed by atoms with van der Waals surface area (Å²) in [5, 5.41) is 2.94. The van der Waals surface area contributed by atoms with Gasteiger partial charge in [0.15, 0.2) is 11.5 Å². The van der Waals surface area contributed by atoms with E-state index in [1.165, 1.54) is 0 Å². The fourth-order valence-electron chi connectivity index (χ4n) is 2.88. The van der Waals surface area contributed by atoms with E-state index in [0.29, 0.717) is 41.5 Å². The van der Waals surface area contributed by atoms with E-state index in [9.17, 15) is 13.2 Å². The van der Waals surface area contributed by atoms with Gasteiger partial charge >= 0.3 is 0 Å². The first-order valence-electron chi connectivity index (χ1n) is 8.52. The highest BCUT2D eigenvalue weighted by atomic mass is 32.2. The van der Waals surface area contributed by atoms with Crippen molar-refractivity contribution in [3.05, 3.63) is 53.1 Å². The van der Waals surface area contributed by atoms with Gasteiger partial charge in [-0.3, -0.25) is 9.52 Å². The van der Waals surface area contributed by atoms with Gasteiger partial charge in [0.2, 0.25) is 10.0 Å². The van der Waals surface area contributed by atoms with Crippen LogP contribution in [0.3, 0.4) is 0 Å². The summed E-state index contributed by atoms with van der Waals surface area (Å²) in [7, 11) is -3.42. The number of benzene rings is 2. The van der Waals surface area contributed by atoms with Crippen LogP contribution in [0.5, 0.6) is 11.5 Å². The number of carbonyl (C=O) groups is 1. The number of hydrogen-bond acceptors (Lipinski definition) is 5. The minimum atomic E-state index is -3.42. The van der Waals surface area contributed by atoms with Crippen LogP contribution in [0.2, 0.25) is 0 Å². The van der Waals surface area contributed by atoms with Crippen molar-refractivity contribution >= 4 is 21.6 Å². The zero-order valence-electron chi connectivity index (χ0n) is 15.4. The van der Waals surface area contributed by atoms with Gasteiger partial charge in [-0.15, -0.1) is 0 Å². The molecule has 7 nitrogen and oxygen atoms in total. The first-order chi connectivity index (χ1) is 12.7. The summed E-state index contributed by atoms with van der Waals surface area (Å²) in [5.74, 6) is 1.07. The molecule has 2 N–H and O–H groups in total. The number of anilines is 1. The van der Waals surface area contributed by atoms with Crippen molar-refractivity contribution in [2.75, 3.05) is 24.2 Å². The quantitative estimate of drug-likeness (QED) is 0.819. The Hall–Kier alpha value is -2.74. The van der Waals surface area contributed by atoms with E-state index in [1.54, 1.807) is 25.1 Å². The minimum absolute atomic E-state index is 0.265. The monoisotopic (exact) mass is 390 g/mol. The second kappa shape index (κ2) is 7.48. The number of rotatable bonds is 5. The van der Waals surface area contributed by atoms with Gasteiger partial charge in [-0.2, -0.15) is 0 Å². The Morgan fingerprint density at radius 2 is 1.81 bits per heavy atom. The Kier molecular flexibility index (Phi) is 5.27. The molecule has 0 aliphatic carbocycles. The Balaban J connectivity index is 1.78. The van der Waals surface area contributed by atoms with Gasteiger partial charge in [0.05, 0.1) is 18.0 Å². The van der Waals surface area contributed by atoms with Gasteiger partial charge in [0.1, 0.15) is 13.2 Å². The molecule has 0 unspecified atom stereocenters. The molecular weight excluding hydrogens is 368 g/mol. The van der Waals surface area contributed by atoms with Gasteiger partial charge in [-0.1, -0.05) is 12.1 Å². The standard InChI is InChI=1S/C19H22N2O5S/c1-12-15(5-4-6-16(12)21-27(3,23)24)19(22)20-13(2)14-7-8-17-18(11-14)26-10-9-25-17/h4-8,11,13,21H,9-10H2,1-3H3,(H,20,22)/t13-/m1/s1. The lowest BCUT2D eigenvalue weighted by molar-refractivity contribution is 0.0939. The molecule has 2 aromatic rings. The third kappa shape index (κ3) is 4.51. The van der Waals surface area contributed by atoms with Crippen LogP contribution in [0.1, 0.15) is 34.5 Å². The van der Waals surface area contributed by atoms with Crippen LogP contribution in [0.15, 0.2) is 36.4 Å². The van der Waals surface area contributed by atoms with Crippen molar-refractivity contribution in [2.24, 2.45) is 0 Å². The van der Waals surface area contributed by atoms with Gasteiger partial charge in [0, 0.05) is 5.56 Å². The molecule has 1 heterocycles. The molecule has 27 heavy (non-hydrogen) atoms. The van der Waals surface area contributed by atoms with Crippen molar-refractivity contribution in [3.8, 4) is 11.5 Å². The molecule has 0 radical (unpaired) electrons. The van der Waals surface area contributed by atoms with Crippen LogP contribution in [-0.4, -0.2) is 33.8 Å². The minimum Gasteiger partial charge on any atom is -0.486 e. The summed E-state index contributed by atoms with van der Waals surface area (Å²) in [6, 6.07) is 10.2. The van der Waals surface area contributed by atoms with Gasteiger partial charge in [-0.25, -0.2) is 8.42 Å². The van der Waals surface area contributed by atoms with Crippen molar-refractivity contribution in [1.82, 2.24) is 5.32 Å². The maximum absolute atomic E-state index is 12.7. The van der Waals surface area contributed by atoms with Crippen molar-refractivity contribution in [1.29, 1.82) is 0 Å². The number of amides is 1. The van der Waals surface area contributed by atoms with E-state index in [0.717, 1.165) is 11.8 Å². The molecule has 0 aromatic heterocycles. The van der Waals surface area contributed by atoms with E-state index in [4.69, 9.17) is 9.47 Å². The highest BCUT2D eigenvalue weighted by molar-refractivity contribution is 7.92. The predicted octanol–water partition coefficient (Wildman–Crippen LogP) is 2.63. The zero-order chi connectivity index (χ0) is 19.6. The average Bonchev–Trinajstić information content (AvgIpc) is 2.61. The molecule has 8 heteroatoms. The molecule has 3 rings (SSSR count). The molecular formula is C19H22N2O5S. The molecule has 0 spiro atoms. The molecule has 1 amide bonds. The summed E-state index contributed by atoms with van der Waals surface area (Å²) in [6.07, 6.45) is 1.07. The Morgan fingerprint density at radius 3 is 2.52 bits per heavy atom. The number of carbonyl (C=O) groups excluding carboxylic acids is 1. The SMILES string of the molecule is Cc1c(NS(C)(=O)=O)cccc1C(=O)N[C@H](C)c1ccc2c(c1)OCCO2. The topological polar surface area (TPSA) is 93.7 Å². The Bertz CT molecular complexity index is 972. The molecule has 0 bridgehead atoms. The predicted molar refractivity (Wildman–Crippen MR) is 103 cm³/mol. The molecule has 0 saturated carbocycles. The summed E-state index contributed by atoms with van der Waals surface area (Å²) >= 11 is 0. The lowest BCUT2D eigenvalue weighted by atomic mass is 10.0. The first-order valence-corrected chi connectivity index (χ1v) is 10.4. The molecule has 2 aromatic carbocycles. The molecule has 144 valence electrons. The number of ether oxygens (including phenoxy) is 2. The van der Waals surface area contributed by atoms with Gasteiger partial charge in [0.25, 0.3) is 5.91 Å². The summed E-state index contributed by atoms with van der Waals surface area (Å²) in [5.41, 5.74) is 2.25. The third-order valence-corrected chi connectivity index (χ3v) is 4.88. The highest BCUT2D eigenvalue weighted by Gasteiger charge is 2.18. The number of nitrogens with one attached hydrogen (secondary N) is 2. The molecule has 1 aliphatic heterocycles. The number of hydrogen-bond donors (Lipinski definition) is 2. The second-order valence-electron chi connectivity index (χ2n) is 6.45. The number of fused-ring (bicyclic) bond motifs is 1. The van der Waals surface area contributed by atoms with E-state index in [1.807, 2.05) is 25.1 Å². The van der Waals surface area contributed by atoms with Crippen molar-refractivity contribution in [2.45, 2.75) is 19.9 Å². The van der Waals surface area contributed by atoms with Gasteiger partial charge < -0.3 is 14.8 Å². The van der Waals surface area contributed by atoms with Crippen LogP contribution < -0.4 is 19.5 Å². The molecule has 0 fully saturated rings. The fraction of sp³-hybridized carbons (Fsp3) is 0.316. The maximum atomic E-state index is 12.7. The summed E-state index contributed by atoms with van der Waals surface area (Å²) in [4.78, 5) is 12.7. The van der Waals surface area contributed by atoms with E-state index >= 15 is 0 Å². The highest BCUT2D eigenvalue weighted by Crippen LogP contribution is 2.32. The normalized spacial score (nSPS) is 14.3. The van der Waals surface area contributed by atoms with Gasteiger partial charge in [-0.05, 0) is 49.2 Å². The Morgan fingerprint density at radius 1 is 1.11 bits per heavy atom. The van der Waals surface area contributed by atoms with Crippen LogP contribution >= 0.6 is 0 Å². The lowest BCUT2D eigenvalue weighted by Crippen LogP contribution is -2.27. The Labute approximate surface area is 158 Å².